The average Bonchev–Trinajstić information content (AvgIpc) is 3.42. The summed E-state index contributed by atoms with van der Waals surface area (Å²) in [4.78, 5) is 40.4. The minimum Gasteiger partial charge on any atom is -0.458 e. The van der Waals surface area contributed by atoms with Crippen molar-refractivity contribution in [1.82, 2.24) is 10.2 Å². The topological polar surface area (TPSA) is 88.9 Å². The number of nitrogens with zero attached hydrogens (tertiary/aromatic N) is 1. The number of carbonyl (C=O) groups is 3. The Morgan fingerprint density at radius 1 is 1.11 bits per heavy atom. The number of hydrogen-bond acceptors (Lipinski definition) is 7. The molecule has 1 N–H and O–H groups in total. The molecule has 1 aromatic heterocycles. The van der Waals surface area contributed by atoms with E-state index in [1.54, 1.807) is 75.4 Å². The van der Waals surface area contributed by atoms with Crippen LogP contribution in [0.5, 0.6) is 0 Å². The maximum atomic E-state index is 13.1. The van der Waals surface area contributed by atoms with Crippen LogP contribution in [0.3, 0.4) is 0 Å². The minimum absolute atomic E-state index is 0.225. The van der Waals surface area contributed by atoms with Gasteiger partial charge in [-0.15, -0.1) is 0 Å². The smallest absolute Gasteiger partial charge is 0.333 e. The lowest BCUT2D eigenvalue weighted by molar-refractivity contribution is -0.158. The zero-order valence-electron chi connectivity index (χ0n) is 20.9. The summed E-state index contributed by atoms with van der Waals surface area (Å²) in [5.74, 6) is -0.583. The van der Waals surface area contributed by atoms with Gasteiger partial charge in [-0.3, -0.25) is 14.5 Å². The number of halogens is 1. The standard InChI is InChI=1S/C28H25ClN2O5S2/c1-28(2,3)36-26(34)24(17-9-5-4-6-10-17)30-23(32)16-31-25(33)22(38-27(31)37)15-18-13-14-21(35-18)19-11-7-8-12-20(19)29/h4-15,24H,16H2,1-3H3,(H,30,32)/b22-15-. The Morgan fingerprint density at radius 2 is 1.79 bits per heavy atom. The van der Waals surface area contributed by atoms with E-state index in [1.165, 1.54) is 4.90 Å². The molecule has 3 aromatic rings. The number of nitrogens with one attached hydrogen (secondary N) is 1. The van der Waals surface area contributed by atoms with Crippen molar-refractivity contribution in [2.24, 2.45) is 0 Å². The van der Waals surface area contributed by atoms with Crippen LogP contribution in [0.25, 0.3) is 17.4 Å². The third-order valence-corrected chi connectivity index (χ3v) is 7.00. The highest BCUT2D eigenvalue weighted by molar-refractivity contribution is 8.26. The fourth-order valence-electron chi connectivity index (χ4n) is 3.64. The van der Waals surface area contributed by atoms with Crippen LogP contribution in [-0.2, 0) is 19.1 Å². The van der Waals surface area contributed by atoms with Gasteiger partial charge in [0.1, 0.15) is 28.0 Å². The van der Waals surface area contributed by atoms with Gasteiger partial charge in [0.05, 0.1) is 9.93 Å². The number of amides is 2. The largest absolute Gasteiger partial charge is 0.458 e. The monoisotopic (exact) mass is 568 g/mol. The van der Waals surface area contributed by atoms with E-state index in [1.807, 2.05) is 18.2 Å². The van der Waals surface area contributed by atoms with E-state index in [-0.39, 0.29) is 10.9 Å². The Morgan fingerprint density at radius 3 is 2.47 bits per heavy atom. The molecule has 0 radical (unpaired) electrons. The first-order chi connectivity index (χ1) is 18.0. The van der Waals surface area contributed by atoms with Crippen molar-refractivity contribution in [3.63, 3.8) is 0 Å². The molecule has 1 unspecified atom stereocenters. The Labute approximate surface area is 235 Å². The van der Waals surface area contributed by atoms with E-state index >= 15 is 0 Å². The Kier molecular flexibility index (Phi) is 8.40. The lowest BCUT2D eigenvalue weighted by Crippen LogP contribution is -2.44. The van der Waals surface area contributed by atoms with Gasteiger partial charge in [-0.25, -0.2) is 4.79 Å². The van der Waals surface area contributed by atoms with Crippen LogP contribution in [0.2, 0.25) is 5.02 Å². The highest BCUT2D eigenvalue weighted by Gasteiger charge is 2.35. The number of hydrogen-bond donors (Lipinski definition) is 1. The molecule has 4 rings (SSSR count). The zero-order chi connectivity index (χ0) is 27.4. The maximum absolute atomic E-state index is 13.1. The quantitative estimate of drug-likeness (QED) is 0.212. The molecule has 10 heteroatoms. The summed E-state index contributed by atoms with van der Waals surface area (Å²) in [6.07, 6.45) is 1.57. The lowest BCUT2D eigenvalue weighted by atomic mass is 10.1. The second kappa shape index (κ2) is 11.6. The van der Waals surface area contributed by atoms with Crippen molar-refractivity contribution in [2.75, 3.05) is 6.54 Å². The number of thioether (sulfide) groups is 1. The maximum Gasteiger partial charge on any atom is 0.333 e. The van der Waals surface area contributed by atoms with Crippen LogP contribution in [0, 0.1) is 0 Å². The first kappa shape index (κ1) is 27.6. The number of furan rings is 1. The molecule has 7 nitrogen and oxygen atoms in total. The van der Waals surface area contributed by atoms with Gasteiger partial charge in [0, 0.05) is 11.6 Å². The molecule has 1 saturated heterocycles. The van der Waals surface area contributed by atoms with Crippen molar-refractivity contribution in [3.8, 4) is 11.3 Å². The molecule has 2 amide bonds. The van der Waals surface area contributed by atoms with E-state index in [0.717, 1.165) is 17.3 Å². The van der Waals surface area contributed by atoms with E-state index < -0.39 is 29.4 Å². The molecule has 0 spiro atoms. The summed E-state index contributed by atoms with van der Waals surface area (Å²) in [6.45, 7) is 4.89. The van der Waals surface area contributed by atoms with Crippen LogP contribution < -0.4 is 5.32 Å². The molecule has 0 saturated carbocycles. The van der Waals surface area contributed by atoms with Crippen molar-refractivity contribution < 1.29 is 23.5 Å². The predicted octanol–water partition coefficient (Wildman–Crippen LogP) is 6.00. The first-order valence-electron chi connectivity index (χ1n) is 11.7. The fraction of sp³-hybridized carbons (Fsp3) is 0.214. The summed E-state index contributed by atoms with van der Waals surface area (Å²) in [5.41, 5.74) is 0.554. The fourth-order valence-corrected chi connectivity index (χ4v) is 5.10. The SMILES string of the molecule is CC(C)(C)OC(=O)C(NC(=O)CN1C(=O)/C(=C/c2ccc(-c3ccccc3Cl)o2)SC1=S)c1ccccc1. The third-order valence-electron chi connectivity index (χ3n) is 5.30. The molecule has 1 atom stereocenters. The van der Waals surface area contributed by atoms with Gasteiger partial charge >= 0.3 is 5.97 Å². The molecule has 1 aliphatic rings. The van der Waals surface area contributed by atoms with E-state index in [0.29, 0.717) is 27.0 Å². The van der Waals surface area contributed by atoms with E-state index in [9.17, 15) is 14.4 Å². The summed E-state index contributed by atoms with van der Waals surface area (Å²) < 4.78 is 11.6. The molecule has 0 bridgehead atoms. The number of thiocarbonyl (C=S) groups is 1. The van der Waals surface area contributed by atoms with Crippen LogP contribution in [0.15, 0.2) is 76.1 Å². The molecular weight excluding hydrogens is 544 g/mol. The number of rotatable bonds is 7. The minimum atomic E-state index is -1.04. The van der Waals surface area contributed by atoms with Gasteiger partial charge in [-0.1, -0.05) is 78.0 Å². The summed E-state index contributed by atoms with van der Waals surface area (Å²) in [5, 5.41) is 3.24. The number of esters is 1. The van der Waals surface area contributed by atoms with Crippen molar-refractivity contribution >= 4 is 63.8 Å². The number of carbonyl (C=O) groups excluding carboxylic acids is 3. The molecule has 2 heterocycles. The van der Waals surface area contributed by atoms with Crippen LogP contribution >= 0.6 is 35.6 Å². The summed E-state index contributed by atoms with van der Waals surface area (Å²) in [6, 6.07) is 18.5. The molecule has 1 aliphatic heterocycles. The molecule has 2 aromatic carbocycles. The van der Waals surface area contributed by atoms with Gasteiger partial charge in [0.2, 0.25) is 5.91 Å². The second-order valence-corrected chi connectivity index (χ2v) is 11.5. The first-order valence-corrected chi connectivity index (χ1v) is 13.3. The van der Waals surface area contributed by atoms with Gasteiger partial charge in [0.15, 0.2) is 6.04 Å². The Balaban J connectivity index is 1.47. The summed E-state index contributed by atoms with van der Waals surface area (Å²) >= 11 is 12.7. The molecule has 0 aliphatic carbocycles. The highest BCUT2D eigenvalue weighted by Crippen LogP contribution is 2.34. The second-order valence-electron chi connectivity index (χ2n) is 9.39. The van der Waals surface area contributed by atoms with Crippen molar-refractivity contribution in [2.45, 2.75) is 32.4 Å². The van der Waals surface area contributed by atoms with Crippen LogP contribution in [0.4, 0.5) is 0 Å². The molecule has 1 fully saturated rings. The number of benzene rings is 2. The number of ether oxygens (including phenoxy) is 1. The van der Waals surface area contributed by atoms with Gasteiger partial charge < -0.3 is 14.5 Å². The van der Waals surface area contributed by atoms with Crippen molar-refractivity contribution in [3.05, 3.63) is 88.0 Å². The van der Waals surface area contributed by atoms with Crippen LogP contribution in [0.1, 0.15) is 38.1 Å². The Bertz CT molecular complexity index is 1410. The van der Waals surface area contributed by atoms with E-state index in [2.05, 4.69) is 5.32 Å². The Hall–Kier alpha value is -3.40. The average molecular weight is 569 g/mol. The van der Waals surface area contributed by atoms with E-state index in [4.69, 9.17) is 33.0 Å². The zero-order valence-corrected chi connectivity index (χ0v) is 23.3. The highest BCUT2D eigenvalue weighted by atomic mass is 35.5. The predicted molar refractivity (Wildman–Crippen MR) is 152 cm³/mol. The van der Waals surface area contributed by atoms with Gasteiger partial charge in [-0.2, -0.15) is 0 Å². The van der Waals surface area contributed by atoms with Gasteiger partial charge in [0.25, 0.3) is 5.91 Å². The third kappa shape index (κ3) is 6.72. The van der Waals surface area contributed by atoms with Gasteiger partial charge in [-0.05, 0) is 50.6 Å². The molecule has 38 heavy (non-hydrogen) atoms. The lowest BCUT2D eigenvalue weighted by Gasteiger charge is -2.25. The molecule has 196 valence electrons. The van der Waals surface area contributed by atoms with Crippen molar-refractivity contribution in [1.29, 1.82) is 0 Å². The molecular formula is C28H25ClN2O5S2. The normalized spacial score (nSPS) is 15.6. The summed E-state index contributed by atoms with van der Waals surface area (Å²) in [7, 11) is 0. The van der Waals surface area contributed by atoms with Crippen LogP contribution in [-0.4, -0.2) is 39.1 Å².